The molecule has 238 valence electrons. The van der Waals surface area contributed by atoms with Crippen LogP contribution >= 0.6 is 0 Å². The first-order valence-electron chi connectivity index (χ1n) is 16.4. The summed E-state index contributed by atoms with van der Waals surface area (Å²) in [6, 6.07) is 7.64. The van der Waals surface area contributed by atoms with E-state index in [1.807, 2.05) is 24.3 Å². The van der Waals surface area contributed by atoms with Crippen molar-refractivity contribution in [1.82, 2.24) is 0 Å². The van der Waals surface area contributed by atoms with Crippen molar-refractivity contribution in [2.75, 3.05) is 13.2 Å². The van der Waals surface area contributed by atoms with Crippen molar-refractivity contribution in [3.63, 3.8) is 0 Å². The van der Waals surface area contributed by atoms with E-state index in [1.54, 1.807) is 0 Å². The Morgan fingerprint density at radius 1 is 0.643 bits per heavy atom. The largest absolute Gasteiger partial charge is 0.493 e. The summed E-state index contributed by atoms with van der Waals surface area (Å²) in [7, 11) is 0. The number of ether oxygens (including phenoxy) is 4. The van der Waals surface area contributed by atoms with E-state index in [1.165, 1.54) is 0 Å². The Morgan fingerprint density at radius 2 is 1.00 bits per heavy atom. The summed E-state index contributed by atoms with van der Waals surface area (Å²) in [4.78, 5) is 24.0. The van der Waals surface area contributed by atoms with Crippen LogP contribution in [0.3, 0.4) is 0 Å². The van der Waals surface area contributed by atoms with E-state index in [4.69, 9.17) is 18.9 Å². The highest BCUT2D eigenvalue weighted by atomic mass is 19.1. The van der Waals surface area contributed by atoms with Crippen molar-refractivity contribution in [3.05, 3.63) is 24.3 Å². The lowest BCUT2D eigenvalue weighted by Crippen LogP contribution is -2.30. The van der Waals surface area contributed by atoms with E-state index >= 15 is 0 Å². The summed E-state index contributed by atoms with van der Waals surface area (Å²) >= 11 is 0. The molecule has 0 aliphatic heterocycles. The van der Waals surface area contributed by atoms with Gasteiger partial charge in [-0.2, -0.15) is 0 Å². The van der Waals surface area contributed by atoms with Gasteiger partial charge < -0.3 is 18.9 Å². The molecule has 0 heterocycles. The Bertz CT molecular complexity index is 821. The molecule has 6 nitrogen and oxygen atoms in total. The van der Waals surface area contributed by atoms with Gasteiger partial charge in [0.1, 0.15) is 23.7 Å². The molecule has 0 saturated heterocycles. The van der Waals surface area contributed by atoms with Gasteiger partial charge in [0.2, 0.25) is 0 Å². The molecular weight excluding hydrogens is 542 g/mol. The van der Waals surface area contributed by atoms with Gasteiger partial charge in [-0.15, -0.1) is 0 Å². The average Bonchev–Trinajstić information content (AvgIpc) is 3.01. The van der Waals surface area contributed by atoms with Crippen molar-refractivity contribution in [2.24, 2.45) is 11.8 Å². The number of halogens is 2. The fourth-order valence-electron chi connectivity index (χ4n) is 5.75. The van der Waals surface area contributed by atoms with Crippen LogP contribution in [-0.2, 0) is 19.1 Å². The summed E-state index contributed by atoms with van der Waals surface area (Å²) < 4.78 is 50.9. The van der Waals surface area contributed by atoms with Gasteiger partial charge in [0.05, 0.1) is 13.2 Å². The Hall–Kier alpha value is -2.38. The second-order valence-electron chi connectivity index (χ2n) is 12.2. The predicted molar refractivity (Wildman–Crippen MR) is 159 cm³/mol. The molecule has 0 amide bonds. The Kier molecular flexibility index (Phi) is 15.4. The molecule has 2 saturated carbocycles. The van der Waals surface area contributed by atoms with Crippen molar-refractivity contribution in [1.29, 1.82) is 0 Å². The van der Waals surface area contributed by atoms with Gasteiger partial charge in [0.25, 0.3) is 0 Å². The molecule has 0 spiro atoms. The molecule has 0 radical (unpaired) electrons. The summed E-state index contributed by atoms with van der Waals surface area (Å²) in [5, 5.41) is 0. The predicted octanol–water partition coefficient (Wildman–Crippen LogP) is 8.49. The maximum Gasteiger partial charge on any atom is 0.340 e. The van der Waals surface area contributed by atoms with Gasteiger partial charge in [-0.1, -0.05) is 39.5 Å². The van der Waals surface area contributed by atoms with Crippen molar-refractivity contribution < 1.29 is 37.3 Å². The summed E-state index contributed by atoms with van der Waals surface area (Å²) in [5.74, 6) is 0.927. The number of alkyl halides is 2. The van der Waals surface area contributed by atoms with Gasteiger partial charge in [0, 0.05) is 0 Å². The van der Waals surface area contributed by atoms with Crippen molar-refractivity contribution >= 4 is 11.9 Å². The number of rotatable bonds is 18. The zero-order valence-corrected chi connectivity index (χ0v) is 25.7. The zero-order valence-electron chi connectivity index (χ0n) is 25.7. The van der Waals surface area contributed by atoms with Gasteiger partial charge in [-0.3, -0.25) is 0 Å². The molecule has 2 aliphatic carbocycles. The molecule has 3 rings (SSSR count). The quantitative estimate of drug-likeness (QED) is 0.125. The molecule has 2 fully saturated rings. The smallest absolute Gasteiger partial charge is 0.340 e. The van der Waals surface area contributed by atoms with Crippen LogP contribution in [0.15, 0.2) is 24.3 Å². The van der Waals surface area contributed by atoms with Crippen LogP contribution in [0.4, 0.5) is 8.78 Å². The van der Waals surface area contributed by atoms with Gasteiger partial charge >= 0.3 is 11.9 Å². The lowest BCUT2D eigenvalue weighted by molar-refractivity contribution is -0.158. The average molecular weight is 595 g/mol. The second-order valence-corrected chi connectivity index (χ2v) is 12.2. The molecule has 2 atom stereocenters. The topological polar surface area (TPSA) is 71.1 Å². The monoisotopic (exact) mass is 594 g/mol. The van der Waals surface area contributed by atoms with E-state index in [-0.39, 0.29) is 25.0 Å². The first-order valence-corrected chi connectivity index (χ1v) is 16.4. The Labute approximate surface area is 251 Å². The van der Waals surface area contributed by atoms with Crippen LogP contribution in [0.2, 0.25) is 0 Å². The molecule has 8 heteroatoms. The molecule has 1 aromatic carbocycles. The standard InChI is InChI=1S/C34H52F2O6/c1-3-5-7-9-31(35)33(37)41-29-15-11-25(12-16-29)23-39-27-19-21-28(22-20-27)40-24-26-13-17-30(18-14-26)42-34(38)32(36)10-8-6-4-2/h19-22,25-26,29-32H,3-18,23-24H2,1-2H3/t25-,26-,29-,30-,31-,32-/m1/s1. The fraction of sp³-hybridized carbons (Fsp3) is 0.765. The van der Waals surface area contributed by atoms with E-state index < -0.39 is 24.3 Å². The minimum absolute atomic E-state index is 0.192. The molecule has 42 heavy (non-hydrogen) atoms. The third-order valence-electron chi connectivity index (χ3n) is 8.58. The molecule has 0 unspecified atom stereocenters. The summed E-state index contributed by atoms with van der Waals surface area (Å²) in [6.45, 7) is 5.30. The lowest BCUT2D eigenvalue weighted by atomic mass is 9.88. The maximum absolute atomic E-state index is 14.0. The number of carbonyl (C=O) groups excluding carboxylic acids is 2. The molecule has 0 aromatic heterocycles. The van der Waals surface area contributed by atoms with Crippen LogP contribution < -0.4 is 9.47 Å². The highest BCUT2D eigenvalue weighted by molar-refractivity contribution is 5.75. The van der Waals surface area contributed by atoms with Crippen LogP contribution in [0.1, 0.15) is 117 Å². The van der Waals surface area contributed by atoms with Gasteiger partial charge in [0.15, 0.2) is 12.3 Å². The minimum atomic E-state index is -1.51. The molecular formula is C34H52F2O6. The van der Waals surface area contributed by atoms with Crippen molar-refractivity contribution in [2.45, 2.75) is 141 Å². The second kappa shape index (κ2) is 19.0. The van der Waals surface area contributed by atoms with E-state index in [0.717, 1.165) is 88.5 Å². The molecule has 0 N–H and O–H groups in total. The third-order valence-corrected chi connectivity index (χ3v) is 8.58. The minimum Gasteiger partial charge on any atom is -0.493 e. The Balaban J connectivity index is 1.26. The number of unbranched alkanes of at least 4 members (excludes halogenated alkanes) is 4. The number of esters is 2. The van der Waals surface area contributed by atoms with Gasteiger partial charge in [-0.25, -0.2) is 18.4 Å². The highest BCUT2D eigenvalue weighted by Crippen LogP contribution is 2.30. The first-order chi connectivity index (χ1) is 20.4. The zero-order chi connectivity index (χ0) is 30.2. The number of carbonyl (C=O) groups is 2. The van der Waals surface area contributed by atoms with E-state index in [2.05, 4.69) is 13.8 Å². The number of hydrogen-bond donors (Lipinski definition) is 0. The SMILES string of the molecule is CCCCC[C@@H](F)C(=O)O[C@H]1CC[C@H](COc2ccc(OC[C@H]3CC[C@H](OC(=O)[C@H](F)CCCCC)CC3)cc2)CC1. The summed E-state index contributed by atoms with van der Waals surface area (Å²) in [5.41, 5.74) is 0. The van der Waals surface area contributed by atoms with Crippen LogP contribution in [0, 0.1) is 11.8 Å². The molecule has 0 bridgehead atoms. The van der Waals surface area contributed by atoms with E-state index in [9.17, 15) is 18.4 Å². The molecule has 2 aliphatic rings. The highest BCUT2D eigenvalue weighted by Gasteiger charge is 2.29. The lowest BCUT2D eigenvalue weighted by Gasteiger charge is -2.29. The van der Waals surface area contributed by atoms with Gasteiger partial charge in [-0.05, 0) is 113 Å². The molecule has 1 aromatic rings. The van der Waals surface area contributed by atoms with E-state index in [0.29, 0.717) is 37.9 Å². The van der Waals surface area contributed by atoms with Crippen molar-refractivity contribution in [3.8, 4) is 11.5 Å². The fourth-order valence-corrected chi connectivity index (χ4v) is 5.75. The van der Waals surface area contributed by atoms with Crippen LogP contribution in [-0.4, -0.2) is 49.7 Å². The Morgan fingerprint density at radius 3 is 1.33 bits per heavy atom. The van der Waals surface area contributed by atoms with Crippen LogP contribution in [0.25, 0.3) is 0 Å². The number of hydrogen-bond acceptors (Lipinski definition) is 6. The third kappa shape index (κ3) is 12.5. The normalized spacial score (nSPS) is 23.9. The maximum atomic E-state index is 14.0. The summed E-state index contributed by atoms with van der Waals surface area (Å²) in [6.07, 6.45) is 8.93. The van der Waals surface area contributed by atoms with Crippen LogP contribution in [0.5, 0.6) is 11.5 Å². The first kappa shape index (κ1) is 34.1. The number of benzene rings is 1.